The number of fused-ring (bicyclic) bond motifs is 1. The van der Waals surface area contributed by atoms with E-state index in [1.165, 1.54) is 4.90 Å². The Morgan fingerprint density at radius 1 is 0.917 bits per heavy atom. The number of hydrogen-bond acceptors (Lipinski definition) is 6. The first-order valence-electron chi connectivity index (χ1n) is 11.2. The number of imide groups is 1. The lowest BCUT2D eigenvalue weighted by atomic mass is 10.1. The molecule has 36 heavy (non-hydrogen) atoms. The summed E-state index contributed by atoms with van der Waals surface area (Å²) in [5.41, 5.74) is 3.74. The summed E-state index contributed by atoms with van der Waals surface area (Å²) in [6, 6.07) is 19.8. The number of carbonyl (C=O) groups is 3. The number of thiophene rings is 1. The van der Waals surface area contributed by atoms with Crippen LogP contribution in [0.15, 0.2) is 79.1 Å². The number of nitrogens with one attached hydrogen (secondary N) is 2. The maximum Gasteiger partial charge on any atom is 0.265 e. The number of nitrogens with zero attached hydrogens (tertiary/aromatic N) is 2. The Balaban J connectivity index is 1.28. The van der Waals surface area contributed by atoms with Crippen molar-refractivity contribution >= 4 is 46.3 Å². The quantitative estimate of drug-likeness (QED) is 0.317. The zero-order chi connectivity index (χ0) is 25.1. The molecule has 9 heteroatoms. The van der Waals surface area contributed by atoms with Crippen molar-refractivity contribution in [3.8, 4) is 0 Å². The third-order valence-electron chi connectivity index (χ3n) is 5.76. The fraction of sp³-hybridized carbons (Fsp3) is 0.111. The fourth-order valence-corrected chi connectivity index (χ4v) is 5.01. The third-order valence-corrected chi connectivity index (χ3v) is 6.99. The fourth-order valence-electron chi connectivity index (χ4n) is 4.08. The van der Waals surface area contributed by atoms with E-state index in [9.17, 15) is 14.4 Å². The normalized spacial score (nSPS) is 12.6. The van der Waals surface area contributed by atoms with Gasteiger partial charge >= 0.3 is 0 Å². The number of pyridine rings is 1. The van der Waals surface area contributed by atoms with Crippen LogP contribution in [0.1, 0.15) is 47.1 Å². The van der Waals surface area contributed by atoms with E-state index >= 15 is 0 Å². The summed E-state index contributed by atoms with van der Waals surface area (Å²) in [5, 5.41) is 6.13. The minimum Gasteiger partial charge on any atom is -0.321 e. The summed E-state index contributed by atoms with van der Waals surface area (Å²) in [7, 11) is 0. The second-order valence-corrected chi connectivity index (χ2v) is 9.98. The Morgan fingerprint density at radius 3 is 2.47 bits per heavy atom. The van der Waals surface area contributed by atoms with Gasteiger partial charge in [0.25, 0.3) is 17.7 Å². The van der Waals surface area contributed by atoms with Gasteiger partial charge in [0.2, 0.25) is 0 Å². The highest BCUT2D eigenvalue weighted by atomic mass is 35.5. The monoisotopic (exact) mass is 516 g/mol. The summed E-state index contributed by atoms with van der Waals surface area (Å²) in [4.78, 5) is 44.7. The minimum absolute atomic E-state index is 0.136. The molecule has 3 amide bonds. The second-order valence-electron chi connectivity index (χ2n) is 8.27. The van der Waals surface area contributed by atoms with Gasteiger partial charge in [-0.15, -0.1) is 11.3 Å². The SMILES string of the molecule is O=C(Nc1cccc2c1C(=O)N(Cc1cccc(CNCc3cccnc3)c1)C2=O)c1ccc(Cl)s1. The molecule has 7 nitrogen and oxygen atoms in total. The van der Waals surface area contributed by atoms with E-state index in [0.717, 1.165) is 28.0 Å². The Kier molecular flexibility index (Phi) is 6.90. The van der Waals surface area contributed by atoms with Crippen LogP contribution in [-0.2, 0) is 19.6 Å². The number of anilines is 1. The predicted molar refractivity (Wildman–Crippen MR) is 139 cm³/mol. The van der Waals surface area contributed by atoms with Crippen molar-refractivity contribution in [2.45, 2.75) is 19.6 Å². The molecular weight excluding hydrogens is 496 g/mol. The Hall–Kier alpha value is -3.85. The van der Waals surface area contributed by atoms with Crippen LogP contribution < -0.4 is 10.6 Å². The van der Waals surface area contributed by atoms with Crippen molar-refractivity contribution in [2.75, 3.05) is 5.32 Å². The van der Waals surface area contributed by atoms with Gasteiger partial charge < -0.3 is 10.6 Å². The average Bonchev–Trinajstić information content (AvgIpc) is 3.43. The molecule has 0 aliphatic carbocycles. The zero-order valence-electron chi connectivity index (χ0n) is 19.0. The highest BCUT2D eigenvalue weighted by molar-refractivity contribution is 7.18. The minimum atomic E-state index is -0.435. The Labute approximate surface area is 216 Å². The van der Waals surface area contributed by atoms with E-state index in [1.54, 1.807) is 36.5 Å². The van der Waals surface area contributed by atoms with Gasteiger partial charge in [0.15, 0.2) is 0 Å². The van der Waals surface area contributed by atoms with Gasteiger partial charge in [0.05, 0.1) is 32.6 Å². The number of carbonyl (C=O) groups excluding carboxylic acids is 3. The van der Waals surface area contributed by atoms with E-state index in [1.807, 2.05) is 42.6 Å². The van der Waals surface area contributed by atoms with Crippen LogP contribution in [0.4, 0.5) is 5.69 Å². The predicted octanol–water partition coefficient (Wildman–Crippen LogP) is 5.13. The molecule has 2 N–H and O–H groups in total. The molecule has 0 saturated heterocycles. The Bertz CT molecular complexity index is 1450. The van der Waals surface area contributed by atoms with E-state index < -0.39 is 5.91 Å². The summed E-state index contributed by atoms with van der Waals surface area (Å²) < 4.78 is 0.491. The first kappa shape index (κ1) is 23.9. The average molecular weight is 517 g/mol. The number of halogens is 1. The standard InChI is InChI=1S/C27H21ClN4O3S/c28-23-10-9-22(36-23)25(33)31-21-8-2-7-20-24(21)27(35)32(26(20)34)16-18-5-1-4-17(12-18)13-30-15-19-6-3-11-29-14-19/h1-12,14,30H,13,15-16H2,(H,31,33). The summed E-state index contributed by atoms with van der Waals surface area (Å²) in [6.07, 6.45) is 3.56. The zero-order valence-corrected chi connectivity index (χ0v) is 20.6. The van der Waals surface area contributed by atoms with Gasteiger partial charge in [-0.05, 0) is 47.0 Å². The van der Waals surface area contributed by atoms with Crippen LogP contribution in [0.25, 0.3) is 0 Å². The topological polar surface area (TPSA) is 91.4 Å². The largest absolute Gasteiger partial charge is 0.321 e. The molecule has 0 fully saturated rings. The molecule has 5 rings (SSSR count). The van der Waals surface area contributed by atoms with Crippen LogP contribution in [0.2, 0.25) is 4.34 Å². The van der Waals surface area contributed by atoms with Crippen molar-refractivity contribution < 1.29 is 14.4 Å². The number of hydrogen-bond donors (Lipinski definition) is 2. The molecule has 4 aromatic rings. The van der Waals surface area contributed by atoms with Gasteiger partial charge in [-0.1, -0.05) is 48.0 Å². The van der Waals surface area contributed by atoms with E-state index in [-0.39, 0.29) is 29.5 Å². The lowest BCUT2D eigenvalue weighted by molar-refractivity contribution is 0.0642. The number of amides is 3. The lowest BCUT2D eigenvalue weighted by Crippen LogP contribution is -2.29. The molecule has 1 aliphatic rings. The van der Waals surface area contributed by atoms with Crippen LogP contribution in [0.3, 0.4) is 0 Å². The maximum atomic E-state index is 13.3. The van der Waals surface area contributed by atoms with Gasteiger partial charge in [0, 0.05) is 25.5 Å². The van der Waals surface area contributed by atoms with Gasteiger partial charge in [-0.25, -0.2) is 0 Å². The number of rotatable bonds is 8. The van der Waals surface area contributed by atoms with Gasteiger partial charge in [-0.3, -0.25) is 24.3 Å². The van der Waals surface area contributed by atoms with Crippen molar-refractivity contribution in [1.82, 2.24) is 15.2 Å². The third kappa shape index (κ3) is 5.06. The van der Waals surface area contributed by atoms with Crippen LogP contribution in [0, 0.1) is 0 Å². The molecule has 2 aromatic carbocycles. The van der Waals surface area contributed by atoms with Crippen LogP contribution >= 0.6 is 22.9 Å². The van der Waals surface area contributed by atoms with Gasteiger partial charge in [-0.2, -0.15) is 0 Å². The molecule has 1 aliphatic heterocycles. The van der Waals surface area contributed by atoms with Crippen LogP contribution in [0.5, 0.6) is 0 Å². The molecule has 0 atom stereocenters. The second kappa shape index (κ2) is 10.4. The molecule has 0 spiro atoms. The number of aromatic nitrogens is 1. The molecule has 0 radical (unpaired) electrons. The van der Waals surface area contributed by atoms with Crippen molar-refractivity contribution in [3.05, 3.63) is 116 Å². The van der Waals surface area contributed by atoms with Crippen molar-refractivity contribution in [3.63, 3.8) is 0 Å². The first-order valence-corrected chi connectivity index (χ1v) is 12.4. The molecule has 0 bridgehead atoms. The van der Waals surface area contributed by atoms with Gasteiger partial charge in [0.1, 0.15) is 0 Å². The lowest BCUT2D eigenvalue weighted by Gasteiger charge is -2.15. The Morgan fingerprint density at radius 2 is 1.69 bits per heavy atom. The van der Waals surface area contributed by atoms with Crippen LogP contribution in [-0.4, -0.2) is 27.6 Å². The molecule has 180 valence electrons. The summed E-state index contributed by atoms with van der Waals surface area (Å²) >= 11 is 7.07. The molecule has 2 aromatic heterocycles. The summed E-state index contributed by atoms with van der Waals surface area (Å²) in [5.74, 6) is -1.20. The highest BCUT2D eigenvalue weighted by Gasteiger charge is 2.37. The van der Waals surface area contributed by atoms with Crippen molar-refractivity contribution in [2.24, 2.45) is 0 Å². The number of benzene rings is 2. The molecule has 3 heterocycles. The van der Waals surface area contributed by atoms with Crippen molar-refractivity contribution in [1.29, 1.82) is 0 Å². The molecule has 0 unspecified atom stereocenters. The highest BCUT2D eigenvalue weighted by Crippen LogP contribution is 2.31. The maximum absolute atomic E-state index is 13.3. The summed E-state index contributed by atoms with van der Waals surface area (Å²) in [6.45, 7) is 1.45. The van der Waals surface area contributed by atoms with E-state index in [0.29, 0.717) is 28.0 Å². The molecule has 0 saturated carbocycles. The smallest absolute Gasteiger partial charge is 0.265 e. The van der Waals surface area contributed by atoms with E-state index in [2.05, 4.69) is 15.6 Å². The van der Waals surface area contributed by atoms with E-state index in [4.69, 9.17) is 11.6 Å². The molecular formula is C27H21ClN4O3S. The first-order chi connectivity index (χ1) is 17.5.